The predicted octanol–water partition coefficient (Wildman–Crippen LogP) is 8.36. The van der Waals surface area contributed by atoms with Gasteiger partial charge in [0.2, 0.25) is 0 Å². The Kier molecular flexibility index (Phi) is 9.20. The third kappa shape index (κ3) is 6.15. The zero-order valence-corrected chi connectivity index (χ0v) is 26.5. The standard InChI is InChI=1S/C28H37Br2N3O3Si/c1-6-14-32-22-17-20(28(34)35-2)12-13-21(22)23(19-10-8-7-9-11-19)24(32)27-31-25(29)26(30)33(27)18-36-15-16-37(3,4)5/h6,12-13,17,19H,1,7-11,14-16,18H2,2-5H3. The minimum atomic E-state index is -1.20. The van der Waals surface area contributed by atoms with Crippen LogP contribution in [0.4, 0.5) is 0 Å². The SMILES string of the molecule is C=CCn1c(-c2nc(Br)c(Br)n2COCC[Si](C)(C)C)c(C2CCCCC2)c2ccc(C(=O)OC)cc21. The lowest BCUT2D eigenvalue weighted by Crippen LogP contribution is -2.22. The molecule has 3 aromatic rings. The summed E-state index contributed by atoms with van der Waals surface area (Å²) in [6.07, 6.45) is 7.92. The van der Waals surface area contributed by atoms with Gasteiger partial charge in [-0.15, -0.1) is 6.58 Å². The lowest BCUT2D eigenvalue weighted by molar-refractivity contribution is 0.0601. The number of imidazole rings is 1. The largest absolute Gasteiger partial charge is 0.465 e. The van der Waals surface area contributed by atoms with Crippen LogP contribution in [0.1, 0.15) is 53.9 Å². The number of rotatable bonds is 10. The second-order valence-electron chi connectivity index (χ2n) is 11.0. The van der Waals surface area contributed by atoms with E-state index in [2.05, 4.69) is 73.3 Å². The Hall–Kier alpha value is -1.68. The molecule has 4 rings (SSSR count). The molecule has 0 bridgehead atoms. The number of hydrogen-bond acceptors (Lipinski definition) is 4. The number of carbonyl (C=O) groups excluding carboxylic acids is 1. The topological polar surface area (TPSA) is 58.3 Å². The Labute approximate surface area is 237 Å². The van der Waals surface area contributed by atoms with Crippen LogP contribution in [0.25, 0.3) is 22.4 Å². The number of fused-ring (bicyclic) bond motifs is 1. The summed E-state index contributed by atoms with van der Waals surface area (Å²) in [7, 11) is 0.222. The maximum absolute atomic E-state index is 12.4. The van der Waals surface area contributed by atoms with Crippen LogP contribution in [0.5, 0.6) is 0 Å². The number of carbonyl (C=O) groups is 1. The molecule has 1 aliphatic rings. The summed E-state index contributed by atoms with van der Waals surface area (Å²) in [5.74, 6) is 0.943. The molecule has 0 radical (unpaired) electrons. The van der Waals surface area contributed by atoms with Crippen LogP contribution >= 0.6 is 31.9 Å². The van der Waals surface area contributed by atoms with Crippen molar-refractivity contribution in [1.29, 1.82) is 0 Å². The van der Waals surface area contributed by atoms with Gasteiger partial charge in [0.1, 0.15) is 15.9 Å². The van der Waals surface area contributed by atoms with Gasteiger partial charge < -0.3 is 14.0 Å². The van der Waals surface area contributed by atoms with Gasteiger partial charge in [0.05, 0.1) is 23.9 Å². The molecule has 9 heteroatoms. The first-order valence-corrected chi connectivity index (χ1v) is 18.3. The first-order valence-electron chi connectivity index (χ1n) is 13.0. The van der Waals surface area contributed by atoms with Crippen LogP contribution in [0, 0.1) is 0 Å². The number of ether oxygens (including phenoxy) is 2. The minimum Gasteiger partial charge on any atom is -0.465 e. The number of halogens is 2. The van der Waals surface area contributed by atoms with E-state index in [0.29, 0.717) is 24.8 Å². The molecule has 2 aromatic heterocycles. The molecule has 0 aliphatic heterocycles. The fraction of sp³-hybridized carbons (Fsp3) is 0.500. The lowest BCUT2D eigenvalue weighted by Gasteiger charge is -2.24. The molecule has 0 N–H and O–H groups in total. The number of benzene rings is 1. The maximum atomic E-state index is 12.4. The number of aromatic nitrogens is 3. The van der Waals surface area contributed by atoms with Gasteiger partial charge in [-0.05, 0) is 74.4 Å². The molecule has 1 saturated carbocycles. The van der Waals surface area contributed by atoms with Crippen molar-refractivity contribution in [1.82, 2.24) is 14.1 Å². The van der Waals surface area contributed by atoms with E-state index in [0.717, 1.165) is 57.1 Å². The second-order valence-corrected chi connectivity index (χ2v) is 18.1. The first kappa shape index (κ1) is 28.3. The minimum absolute atomic E-state index is 0.336. The summed E-state index contributed by atoms with van der Waals surface area (Å²) in [6, 6.07) is 7.01. The number of esters is 1. The van der Waals surface area contributed by atoms with Crippen LogP contribution in [0.3, 0.4) is 0 Å². The average molecular weight is 652 g/mol. The zero-order valence-electron chi connectivity index (χ0n) is 22.3. The fourth-order valence-electron chi connectivity index (χ4n) is 5.22. The van der Waals surface area contributed by atoms with E-state index in [1.54, 1.807) is 0 Å². The fourth-order valence-corrected chi connectivity index (χ4v) is 6.72. The number of methoxy groups -OCH3 is 1. The van der Waals surface area contributed by atoms with Crippen molar-refractivity contribution in [3.8, 4) is 11.5 Å². The molecular formula is C28H37Br2N3O3Si. The molecule has 0 amide bonds. The van der Waals surface area contributed by atoms with E-state index >= 15 is 0 Å². The molecular weight excluding hydrogens is 614 g/mol. The highest BCUT2D eigenvalue weighted by Crippen LogP contribution is 2.45. The zero-order chi connectivity index (χ0) is 26.7. The van der Waals surface area contributed by atoms with E-state index in [1.165, 1.54) is 31.9 Å². The van der Waals surface area contributed by atoms with Crippen LogP contribution in [-0.2, 0) is 22.7 Å². The predicted molar refractivity (Wildman–Crippen MR) is 160 cm³/mol. The van der Waals surface area contributed by atoms with Gasteiger partial charge >= 0.3 is 5.97 Å². The van der Waals surface area contributed by atoms with Crippen molar-refractivity contribution in [3.05, 3.63) is 51.2 Å². The summed E-state index contributed by atoms with van der Waals surface area (Å²) >= 11 is 7.40. The van der Waals surface area contributed by atoms with Crippen LogP contribution < -0.4 is 0 Å². The normalized spacial score (nSPS) is 14.9. The Morgan fingerprint density at radius 2 is 1.92 bits per heavy atom. The first-order chi connectivity index (χ1) is 17.7. The van der Waals surface area contributed by atoms with Crippen molar-refractivity contribution >= 4 is 56.8 Å². The van der Waals surface area contributed by atoms with Gasteiger partial charge in [-0.2, -0.15) is 0 Å². The second kappa shape index (κ2) is 12.0. The van der Waals surface area contributed by atoms with Gasteiger partial charge in [-0.25, -0.2) is 9.78 Å². The molecule has 1 aliphatic carbocycles. The highest BCUT2D eigenvalue weighted by molar-refractivity contribution is 9.13. The van der Waals surface area contributed by atoms with Crippen molar-refractivity contribution in [3.63, 3.8) is 0 Å². The summed E-state index contributed by atoms with van der Waals surface area (Å²) in [6.45, 7) is 12.9. The van der Waals surface area contributed by atoms with Gasteiger partial charge in [0.25, 0.3) is 0 Å². The van der Waals surface area contributed by atoms with Gasteiger partial charge in [0, 0.05) is 26.6 Å². The molecule has 0 unspecified atom stereocenters. The number of hydrogen-bond donors (Lipinski definition) is 0. The molecule has 1 aromatic carbocycles. The summed E-state index contributed by atoms with van der Waals surface area (Å²) < 4.78 is 17.2. The maximum Gasteiger partial charge on any atom is 0.337 e. The van der Waals surface area contributed by atoms with Gasteiger partial charge in [-0.3, -0.25) is 4.57 Å². The van der Waals surface area contributed by atoms with Crippen molar-refractivity contribution in [2.75, 3.05) is 13.7 Å². The molecule has 200 valence electrons. The Balaban J connectivity index is 1.91. The third-order valence-electron chi connectivity index (χ3n) is 7.15. The third-order valence-corrected chi connectivity index (χ3v) is 10.7. The Morgan fingerprint density at radius 3 is 2.57 bits per heavy atom. The highest BCUT2D eigenvalue weighted by atomic mass is 79.9. The van der Waals surface area contributed by atoms with E-state index < -0.39 is 8.07 Å². The van der Waals surface area contributed by atoms with E-state index in [1.807, 2.05) is 18.2 Å². The average Bonchev–Trinajstić information content (AvgIpc) is 3.34. The summed E-state index contributed by atoms with van der Waals surface area (Å²) in [5, 5.41) is 1.16. The van der Waals surface area contributed by atoms with Crippen LogP contribution in [0.15, 0.2) is 40.1 Å². The molecule has 2 heterocycles. The monoisotopic (exact) mass is 649 g/mol. The van der Waals surface area contributed by atoms with Gasteiger partial charge in [-0.1, -0.05) is 51.0 Å². The van der Waals surface area contributed by atoms with Crippen LogP contribution in [0.2, 0.25) is 25.7 Å². The molecule has 1 fully saturated rings. The molecule has 6 nitrogen and oxygen atoms in total. The molecule has 0 spiro atoms. The lowest BCUT2D eigenvalue weighted by atomic mass is 9.82. The van der Waals surface area contributed by atoms with Crippen LogP contribution in [-0.4, -0.2) is 41.9 Å². The summed E-state index contributed by atoms with van der Waals surface area (Å²) in [4.78, 5) is 17.4. The summed E-state index contributed by atoms with van der Waals surface area (Å²) in [5.41, 5.74) is 3.92. The van der Waals surface area contributed by atoms with Crippen molar-refractivity contribution < 1.29 is 14.3 Å². The quantitative estimate of drug-likeness (QED) is 0.0957. The Bertz CT molecular complexity index is 1290. The smallest absolute Gasteiger partial charge is 0.337 e. The number of allylic oxidation sites excluding steroid dienone is 1. The Morgan fingerprint density at radius 1 is 1.19 bits per heavy atom. The highest BCUT2D eigenvalue weighted by Gasteiger charge is 2.30. The van der Waals surface area contributed by atoms with Gasteiger partial charge in [0.15, 0.2) is 5.82 Å². The molecule has 0 saturated heterocycles. The van der Waals surface area contributed by atoms with E-state index in [4.69, 9.17) is 14.5 Å². The van der Waals surface area contributed by atoms with Crippen molar-refractivity contribution in [2.45, 2.75) is 77.0 Å². The molecule has 0 atom stereocenters. The van der Waals surface area contributed by atoms with Crippen molar-refractivity contribution in [2.24, 2.45) is 0 Å². The molecule has 37 heavy (non-hydrogen) atoms. The van der Waals surface area contributed by atoms with E-state index in [-0.39, 0.29) is 5.97 Å². The number of nitrogens with zero attached hydrogens (tertiary/aromatic N) is 3. The van der Waals surface area contributed by atoms with E-state index in [9.17, 15) is 4.79 Å².